The predicted octanol–water partition coefficient (Wildman–Crippen LogP) is 3.83. The lowest BCUT2D eigenvalue weighted by molar-refractivity contribution is -0.128. The number of nitrogens with two attached hydrogens (primary N) is 1. The lowest BCUT2D eigenvalue weighted by Gasteiger charge is -2.37. The van der Waals surface area contributed by atoms with Gasteiger partial charge in [0.1, 0.15) is 17.1 Å². The summed E-state index contributed by atoms with van der Waals surface area (Å²) in [6.45, 7) is 5.95. The van der Waals surface area contributed by atoms with Crippen LogP contribution in [0.15, 0.2) is 22.6 Å². The van der Waals surface area contributed by atoms with Crippen molar-refractivity contribution in [1.29, 1.82) is 0 Å². The van der Waals surface area contributed by atoms with E-state index in [4.69, 9.17) is 14.9 Å². The van der Waals surface area contributed by atoms with Crippen molar-refractivity contribution in [2.45, 2.75) is 58.0 Å². The van der Waals surface area contributed by atoms with Crippen LogP contribution >= 0.6 is 0 Å². The molecular weight excluding hydrogens is 316 g/mol. The topological polar surface area (TPSA) is 77.5 Å². The van der Waals surface area contributed by atoms with E-state index >= 15 is 0 Å². The van der Waals surface area contributed by atoms with Crippen molar-refractivity contribution in [2.24, 2.45) is 11.7 Å². The molecule has 1 saturated carbocycles. The SMILES string of the molecule is COc1ccc2oc(C(C)NC(=O)C3CCCCC3(C)N)c(C)c2c1. The first-order valence-corrected chi connectivity index (χ1v) is 9.00. The van der Waals surface area contributed by atoms with Crippen molar-refractivity contribution in [2.75, 3.05) is 7.11 Å². The number of fused-ring (bicyclic) bond motifs is 1. The van der Waals surface area contributed by atoms with Crippen LogP contribution in [-0.4, -0.2) is 18.6 Å². The fourth-order valence-corrected chi connectivity index (χ4v) is 3.93. The summed E-state index contributed by atoms with van der Waals surface area (Å²) in [5.74, 6) is 1.45. The van der Waals surface area contributed by atoms with Gasteiger partial charge in [0.15, 0.2) is 0 Å². The number of aryl methyl sites for hydroxylation is 1. The summed E-state index contributed by atoms with van der Waals surface area (Å²) in [6, 6.07) is 5.53. The third-order valence-corrected chi connectivity index (χ3v) is 5.50. The Morgan fingerprint density at radius 1 is 1.44 bits per heavy atom. The first-order valence-electron chi connectivity index (χ1n) is 9.00. The summed E-state index contributed by atoms with van der Waals surface area (Å²) < 4.78 is 11.3. The summed E-state index contributed by atoms with van der Waals surface area (Å²) >= 11 is 0. The quantitative estimate of drug-likeness (QED) is 0.883. The summed E-state index contributed by atoms with van der Waals surface area (Å²) in [6.07, 6.45) is 3.89. The zero-order valence-corrected chi connectivity index (χ0v) is 15.5. The van der Waals surface area contributed by atoms with Crippen LogP contribution in [0.4, 0.5) is 0 Å². The predicted molar refractivity (Wildman–Crippen MR) is 98.6 cm³/mol. The highest BCUT2D eigenvalue weighted by Crippen LogP contribution is 2.34. The smallest absolute Gasteiger partial charge is 0.225 e. The summed E-state index contributed by atoms with van der Waals surface area (Å²) in [5.41, 5.74) is 7.76. The van der Waals surface area contributed by atoms with Crippen LogP contribution in [0.5, 0.6) is 5.75 Å². The Labute approximate surface area is 148 Å². The average Bonchev–Trinajstić information content (AvgIpc) is 2.90. The number of hydrogen-bond acceptors (Lipinski definition) is 4. The Hall–Kier alpha value is -2.01. The van der Waals surface area contributed by atoms with Crippen molar-refractivity contribution in [3.05, 3.63) is 29.5 Å². The summed E-state index contributed by atoms with van der Waals surface area (Å²) in [5, 5.41) is 4.12. The van der Waals surface area contributed by atoms with E-state index in [1.807, 2.05) is 39.0 Å². The Bertz CT molecular complexity index is 779. The van der Waals surface area contributed by atoms with Gasteiger partial charge in [0.05, 0.1) is 19.1 Å². The third-order valence-electron chi connectivity index (χ3n) is 5.50. The standard InChI is InChI=1S/C20H28N2O3/c1-12-15-11-14(24-4)8-9-17(15)25-18(12)13(2)22-19(23)16-7-5-6-10-20(16,3)21/h8-9,11,13,16H,5-7,10,21H2,1-4H3,(H,22,23). The summed E-state index contributed by atoms with van der Waals surface area (Å²) in [4.78, 5) is 12.8. The fourth-order valence-electron chi connectivity index (χ4n) is 3.93. The molecular formula is C20H28N2O3. The molecule has 1 aliphatic rings. The van der Waals surface area contributed by atoms with Gasteiger partial charge in [0, 0.05) is 16.5 Å². The Kier molecular flexibility index (Phi) is 4.78. The number of methoxy groups -OCH3 is 1. The van der Waals surface area contributed by atoms with Gasteiger partial charge in [-0.25, -0.2) is 0 Å². The van der Waals surface area contributed by atoms with E-state index in [9.17, 15) is 4.79 Å². The van der Waals surface area contributed by atoms with E-state index in [1.54, 1.807) is 7.11 Å². The molecule has 136 valence electrons. The van der Waals surface area contributed by atoms with Gasteiger partial charge in [-0.05, 0) is 51.8 Å². The number of rotatable bonds is 4. The molecule has 3 N–H and O–H groups in total. The highest BCUT2D eigenvalue weighted by atomic mass is 16.5. The first kappa shape index (κ1) is 17.8. The van der Waals surface area contributed by atoms with Gasteiger partial charge in [0.25, 0.3) is 0 Å². The van der Waals surface area contributed by atoms with Gasteiger partial charge in [-0.3, -0.25) is 4.79 Å². The van der Waals surface area contributed by atoms with E-state index in [2.05, 4.69) is 5.32 Å². The monoisotopic (exact) mass is 344 g/mol. The Morgan fingerprint density at radius 2 is 2.20 bits per heavy atom. The molecule has 1 aliphatic carbocycles. The minimum atomic E-state index is -0.432. The molecule has 0 spiro atoms. The van der Waals surface area contributed by atoms with Gasteiger partial charge in [-0.2, -0.15) is 0 Å². The Morgan fingerprint density at radius 3 is 2.88 bits per heavy atom. The first-order chi connectivity index (χ1) is 11.8. The molecule has 0 saturated heterocycles. The molecule has 0 radical (unpaired) electrons. The second-order valence-electron chi connectivity index (χ2n) is 7.49. The van der Waals surface area contributed by atoms with Crippen molar-refractivity contribution >= 4 is 16.9 Å². The van der Waals surface area contributed by atoms with Crippen molar-refractivity contribution in [1.82, 2.24) is 5.32 Å². The maximum Gasteiger partial charge on any atom is 0.225 e. The number of nitrogens with one attached hydrogen (secondary N) is 1. The molecule has 1 aromatic heterocycles. The molecule has 1 fully saturated rings. The third kappa shape index (κ3) is 3.38. The average molecular weight is 344 g/mol. The lowest BCUT2D eigenvalue weighted by Crippen LogP contribution is -2.53. The lowest BCUT2D eigenvalue weighted by atomic mass is 9.74. The van der Waals surface area contributed by atoms with E-state index < -0.39 is 5.54 Å². The van der Waals surface area contributed by atoms with Gasteiger partial charge >= 0.3 is 0 Å². The molecule has 0 bridgehead atoms. The van der Waals surface area contributed by atoms with Gasteiger partial charge < -0.3 is 20.2 Å². The van der Waals surface area contributed by atoms with Gasteiger partial charge in [-0.1, -0.05) is 12.8 Å². The highest BCUT2D eigenvalue weighted by Gasteiger charge is 2.38. The molecule has 3 atom stereocenters. The van der Waals surface area contributed by atoms with Crippen LogP contribution in [0, 0.1) is 12.8 Å². The highest BCUT2D eigenvalue weighted by molar-refractivity contribution is 5.84. The number of hydrogen-bond donors (Lipinski definition) is 2. The van der Waals surface area contributed by atoms with Gasteiger partial charge in [0.2, 0.25) is 5.91 Å². The van der Waals surface area contributed by atoms with Crippen LogP contribution in [0.25, 0.3) is 11.0 Å². The zero-order chi connectivity index (χ0) is 18.2. The van der Waals surface area contributed by atoms with Crippen LogP contribution in [0.1, 0.15) is 56.9 Å². The van der Waals surface area contributed by atoms with Crippen LogP contribution < -0.4 is 15.8 Å². The van der Waals surface area contributed by atoms with Crippen LogP contribution in [0.3, 0.4) is 0 Å². The second kappa shape index (κ2) is 6.71. The maximum absolute atomic E-state index is 12.8. The van der Waals surface area contributed by atoms with E-state index in [0.717, 1.165) is 53.7 Å². The molecule has 3 unspecified atom stereocenters. The molecule has 25 heavy (non-hydrogen) atoms. The molecule has 3 rings (SSSR count). The minimum absolute atomic E-state index is 0.0228. The second-order valence-corrected chi connectivity index (χ2v) is 7.49. The van der Waals surface area contributed by atoms with Gasteiger partial charge in [-0.15, -0.1) is 0 Å². The number of carbonyl (C=O) groups excluding carboxylic acids is 1. The molecule has 1 amide bonds. The van der Waals surface area contributed by atoms with Crippen molar-refractivity contribution in [3.8, 4) is 5.75 Å². The van der Waals surface area contributed by atoms with Crippen molar-refractivity contribution < 1.29 is 13.9 Å². The number of furan rings is 1. The van der Waals surface area contributed by atoms with Crippen LogP contribution in [-0.2, 0) is 4.79 Å². The number of amides is 1. The molecule has 5 nitrogen and oxygen atoms in total. The molecule has 2 aromatic rings. The number of ether oxygens (including phenoxy) is 1. The zero-order valence-electron chi connectivity index (χ0n) is 15.5. The number of benzene rings is 1. The Balaban J connectivity index is 1.81. The molecule has 1 heterocycles. The van der Waals surface area contributed by atoms with E-state index in [-0.39, 0.29) is 17.9 Å². The molecule has 5 heteroatoms. The largest absolute Gasteiger partial charge is 0.497 e. The van der Waals surface area contributed by atoms with Crippen LogP contribution in [0.2, 0.25) is 0 Å². The molecule has 1 aromatic carbocycles. The normalized spacial score (nSPS) is 24.9. The number of carbonyl (C=O) groups is 1. The van der Waals surface area contributed by atoms with Crippen molar-refractivity contribution in [3.63, 3.8) is 0 Å². The maximum atomic E-state index is 12.8. The molecule has 0 aliphatic heterocycles. The minimum Gasteiger partial charge on any atom is -0.497 e. The summed E-state index contributed by atoms with van der Waals surface area (Å²) in [7, 11) is 1.65. The van der Waals surface area contributed by atoms with E-state index in [1.165, 1.54) is 0 Å². The van der Waals surface area contributed by atoms with E-state index in [0.29, 0.717) is 0 Å². The fraction of sp³-hybridized carbons (Fsp3) is 0.550.